The van der Waals surface area contributed by atoms with E-state index in [2.05, 4.69) is 39.9 Å². The second kappa shape index (κ2) is 8.83. The molecule has 0 N–H and O–H groups in total. The summed E-state index contributed by atoms with van der Waals surface area (Å²) in [6.07, 6.45) is 10.6. The average molecular weight is 392 g/mol. The number of likely N-dealkylation sites (tertiary alicyclic amines) is 1. The summed E-state index contributed by atoms with van der Waals surface area (Å²) >= 11 is 0. The van der Waals surface area contributed by atoms with Gasteiger partial charge in [0.25, 0.3) is 5.91 Å². The zero-order valence-electron chi connectivity index (χ0n) is 17.8. The highest BCUT2D eigenvalue weighted by atomic mass is 32.3. The Balaban J connectivity index is 2.06. The predicted octanol–water partition coefficient (Wildman–Crippen LogP) is 5.67. The van der Waals surface area contributed by atoms with E-state index in [-0.39, 0.29) is 16.1 Å². The molecule has 2 rings (SSSR count). The minimum absolute atomic E-state index is 0.0812. The van der Waals surface area contributed by atoms with Gasteiger partial charge in [0, 0.05) is 23.4 Å². The SMILES string of the molecule is C=CC[C@]1(CCOS(C)(C)C(C)(C)C)CCCN(C(=O)c2ccccc2)C1. The maximum Gasteiger partial charge on any atom is 0.253 e. The Labute approximate surface area is 167 Å². The molecule has 152 valence electrons. The third-order valence-corrected chi connectivity index (χ3v) is 9.74. The highest BCUT2D eigenvalue weighted by molar-refractivity contribution is 8.29. The maximum atomic E-state index is 12.9. The number of benzene rings is 1. The molecule has 1 fully saturated rings. The standard InChI is InChI=1S/C23H37NO2S/c1-7-14-23(16-18-26-27(5,6)22(2,3)4)15-11-17-24(19-23)21(25)20-12-9-8-10-13-20/h7-10,12-13H,1,11,14-19H2,2-6H3/t23-/m1/s1. The number of rotatable bonds is 7. The zero-order chi connectivity index (χ0) is 20.1. The normalized spacial score (nSPS) is 21.7. The molecular formula is C23H37NO2S. The summed E-state index contributed by atoms with van der Waals surface area (Å²) in [5.74, 6) is 0.144. The van der Waals surface area contributed by atoms with Crippen LogP contribution in [0.1, 0.15) is 56.8 Å². The van der Waals surface area contributed by atoms with Gasteiger partial charge in [0.05, 0.1) is 6.61 Å². The van der Waals surface area contributed by atoms with Crippen molar-refractivity contribution in [1.29, 1.82) is 0 Å². The van der Waals surface area contributed by atoms with Crippen LogP contribution in [-0.2, 0) is 4.18 Å². The van der Waals surface area contributed by atoms with E-state index >= 15 is 0 Å². The lowest BCUT2D eigenvalue weighted by atomic mass is 9.74. The Morgan fingerprint density at radius 3 is 2.56 bits per heavy atom. The average Bonchev–Trinajstić information content (AvgIpc) is 2.61. The van der Waals surface area contributed by atoms with Gasteiger partial charge in [-0.2, -0.15) is 0 Å². The van der Waals surface area contributed by atoms with Crippen LogP contribution in [0.5, 0.6) is 0 Å². The van der Waals surface area contributed by atoms with Gasteiger partial charge in [-0.25, -0.2) is 0 Å². The molecule has 0 unspecified atom stereocenters. The first-order chi connectivity index (χ1) is 12.6. The number of piperidine rings is 1. The van der Waals surface area contributed by atoms with Crippen molar-refractivity contribution >= 4 is 16.2 Å². The smallest absolute Gasteiger partial charge is 0.253 e. The van der Waals surface area contributed by atoms with Crippen molar-refractivity contribution in [1.82, 2.24) is 4.90 Å². The first-order valence-electron chi connectivity index (χ1n) is 9.93. The van der Waals surface area contributed by atoms with Gasteiger partial charge in [0.1, 0.15) is 0 Å². The number of nitrogens with zero attached hydrogens (tertiary/aromatic N) is 1. The lowest BCUT2D eigenvalue weighted by molar-refractivity contribution is 0.0454. The molecule has 1 aromatic carbocycles. The summed E-state index contributed by atoms with van der Waals surface area (Å²) in [5.41, 5.74) is 0.860. The van der Waals surface area contributed by atoms with Crippen LogP contribution in [0.4, 0.5) is 0 Å². The molecule has 0 radical (unpaired) electrons. The molecule has 0 aliphatic carbocycles. The maximum absolute atomic E-state index is 12.9. The van der Waals surface area contributed by atoms with Crippen LogP contribution in [0, 0.1) is 5.41 Å². The first kappa shape index (κ1) is 22.0. The Morgan fingerprint density at radius 1 is 1.30 bits per heavy atom. The largest absolute Gasteiger partial charge is 0.338 e. The van der Waals surface area contributed by atoms with Crippen molar-refractivity contribution in [2.24, 2.45) is 5.41 Å². The quantitative estimate of drug-likeness (QED) is 0.561. The molecule has 1 aliphatic rings. The van der Waals surface area contributed by atoms with Gasteiger partial charge in [-0.3, -0.25) is 4.79 Å². The molecule has 1 aliphatic heterocycles. The Kier molecular flexibility index (Phi) is 7.20. The summed E-state index contributed by atoms with van der Waals surface area (Å²) in [6.45, 7) is 13.1. The fourth-order valence-electron chi connectivity index (χ4n) is 3.57. The molecular weight excluding hydrogens is 354 g/mol. The molecule has 4 heteroatoms. The van der Waals surface area contributed by atoms with E-state index in [0.29, 0.717) is 0 Å². The molecule has 1 atom stereocenters. The minimum atomic E-state index is -1.12. The molecule has 27 heavy (non-hydrogen) atoms. The lowest BCUT2D eigenvalue weighted by Crippen LogP contribution is -2.46. The molecule has 3 nitrogen and oxygen atoms in total. The second-order valence-electron chi connectivity index (χ2n) is 9.11. The van der Waals surface area contributed by atoms with Crippen molar-refractivity contribution in [2.45, 2.75) is 51.2 Å². The van der Waals surface area contributed by atoms with Crippen LogP contribution >= 0.6 is 10.3 Å². The van der Waals surface area contributed by atoms with Crippen molar-refractivity contribution in [3.63, 3.8) is 0 Å². The van der Waals surface area contributed by atoms with Crippen LogP contribution in [0.2, 0.25) is 0 Å². The van der Waals surface area contributed by atoms with Gasteiger partial charge in [-0.05, 0) is 55.7 Å². The van der Waals surface area contributed by atoms with E-state index in [9.17, 15) is 4.79 Å². The zero-order valence-corrected chi connectivity index (χ0v) is 18.6. The third kappa shape index (κ3) is 5.61. The van der Waals surface area contributed by atoms with Crippen LogP contribution in [0.3, 0.4) is 0 Å². The molecule has 1 saturated heterocycles. The van der Waals surface area contributed by atoms with Crippen LogP contribution < -0.4 is 0 Å². The lowest BCUT2D eigenvalue weighted by Gasteiger charge is -2.46. The number of amides is 1. The summed E-state index contributed by atoms with van der Waals surface area (Å²) in [7, 11) is -1.12. The van der Waals surface area contributed by atoms with Crippen molar-refractivity contribution in [3.8, 4) is 0 Å². The van der Waals surface area contributed by atoms with E-state index in [1.165, 1.54) is 0 Å². The Morgan fingerprint density at radius 2 is 1.96 bits per heavy atom. The fourth-order valence-corrected chi connectivity index (χ4v) is 4.42. The van der Waals surface area contributed by atoms with Crippen molar-refractivity contribution < 1.29 is 8.98 Å². The van der Waals surface area contributed by atoms with E-state index in [1.807, 2.05) is 41.3 Å². The van der Waals surface area contributed by atoms with Crippen LogP contribution in [0.25, 0.3) is 0 Å². The van der Waals surface area contributed by atoms with E-state index in [4.69, 9.17) is 4.18 Å². The molecule has 0 bridgehead atoms. The number of hydrogen-bond donors (Lipinski definition) is 0. The highest BCUT2D eigenvalue weighted by Gasteiger charge is 2.37. The first-order valence-corrected chi connectivity index (χ1v) is 12.3. The predicted molar refractivity (Wildman–Crippen MR) is 119 cm³/mol. The van der Waals surface area contributed by atoms with Crippen molar-refractivity contribution in [3.05, 3.63) is 48.6 Å². The molecule has 1 heterocycles. The number of carbonyl (C=O) groups excluding carboxylic acids is 1. The van der Waals surface area contributed by atoms with E-state index in [1.54, 1.807) is 0 Å². The van der Waals surface area contributed by atoms with Gasteiger partial charge < -0.3 is 9.08 Å². The molecule has 0 aromatic heterocycles. The van der Waals surface area contributed by atoms with E-state index < -0.39 is 10.3 Å². The third-order valence-electron chi connectivity index (χ3n) is 6.03. The van der Waals surface area contributed by atoms with Crippen LogP contribution in [0.15, 0.2) is 43.0 Å². The van der Waals surface area contributed by atoms with Crippen molar-refractivity contribution in [2.75, 3.05) is 32.2 Å². The molecule has 1 aromatic rings. The number of hydrogen-bond acceptors (Lipinski definition) is 2. The molecule has 1 amide bonds. The van der Waals surface area contributed by atoms with Gasteiger partial charge in [-0.15, -0.1) is 16.9 Å². The topological polar surface area (TPSA) is 29.5 Å². The summed E-state index contributed by atoms with van der Waals surface area (Å²) in [4.78, 5) is 15.0. The minimum Gasteiger partial charge on any atom is -0.338 e. The Bertz CT molecular complexity index is 636. The van der Waals surface area contributed by atoms with Gasteiger partial charge in [0.2, 0.25) is 0 Å². The summed E-state index contributed by atoms with van der Waals surface area (Å²) in [5, 5.41) is 0. The Hall–Kier alpha value is -1.26. The summed E-state index contributed by atoms with van der Waals surface area (Å²) in [6, 6.07) is 9.62. The fraction of sp³-hybridized carbons (Fsp3) is 0.609. The van der Waals surface area contributed by atoms with Gasteiger partial charge >= 0.3 is 0 Å². The number of allylic oxidation sites excluding steroid dienone is 1. The molecule has 0 saturated carbocycles. The number of carbonyl (C=O) groups is 1. The monoisotopic (exact) mass is 391 g/mol. The highest BCUT2D eigenvalue weighted by Crippen LogP contribution is 2.54. The van der Waals surface area contributed by atoms with Gasteiger partial charge in [0.15, 0.2) is 0 Å². The van der Waals surface area contributed by atoms with Gasteiger partial charge in [-0.1, -0.05) is 45.0 Å². The molecule has 0 spiro atoms. The van der Waals surface area contributed by atoms with Crippen LogP contribution in [-0.4, -0.2) is 47.8 Å². The van der Waals surface area contributed by atoms with E-state index in [0.717, 1.165) is 50.9 Å². The second-order valence-corrected chi connectivity index (χ2v) is 13.0. The summed E-state index contributed by atoms with van der Waals surface area (Å²) < 4.78 is 6.56.